The number of carbonyl (C=O) groups is 1. The maximum absolute atomic E-state index is 11.3. The number of benzene rings is 1. The third kappa shape index (κ3) is 7.31. The standard InChI is InChI=1S/C15H23N3O2.HI/c1-11-5-7-13(8-6-11)10-18-15(16-3)17-9-12(2)14(19)20-4;/h5-8,12H,9-10H2,1-4H3,(H2,16,17,18);1H. The van der Waals surface area contributed by atoms with E-state index >= 15 is 0 Å². The van der Waals surface area contributed by atoms with Gasteiger partial charge in [0.15, 0.2) is 5.96 Å². The molecule has 0 aromatic heterocycles. The lowest BCUT2D eigenvalue weighted by molar-refractivity contribution is -0.144. The Bertz CT molecular complexity index is 460. The number of methoxy groups -OCH3 is 1. The molecular weight excluding hydrogens is 381 g/mol. The normalized spacial score (nSPS) is 12.1. The smallest absolute Gasteiger partial charge is 0.310 e. The second-order valence-corrected chi connectivity index (χ2v) is 4.72. The molecule has 1 atom stereocenters. The van der Waals surface area contributed by atoms with Gasteiger partial charge >= 0.3 is 5.97 Å². The summed E-state index contributed by atoms with van der Waals surface area (Å²) in [4.78, 5) is 15.4. The third-order valence-corrected chi connectivity index (χ3v) is 2.98. The number of hydrogen-bond donors (Lipinski definition) is 2. The highest BCUT2D eigenvalue weighted by Gasteiger charge is 2.13. The van der Waals surface area contributed by atoms with E-state index in [9.17, 15) is 4.79 Å². The fourth-order valence-electron chi connectivity index (χ4n) is 1.65. The molecule has 0 aliphatic rings. The molecule has 1 unspecified atom stereocenters. The first-order valence-electron chi connectivity index (χ1n) is 6.64. The van der Waals surface area contributed by atoms with Crippen LogP contribution in [0.15, 0.2) is 29.3 Å². The van der Waals surface area contributed by atoms with Crippen molar-refractivity contribution >= 4 is 35.9 Å². The van der Waals surface area contributed by atoms with Gasteiger partial charge in [-0.1, -0.05) is 36.8 Å². The lowest BCUT2D eigenvalue weighted by Gasteiger charge is -2.14. The number of hydrogen-bond acceptors (Lipinski definition) is 3. The van der Waals surface area contributed by atoms with Crippen LogP contribution in [-0.2, 0) is 16.1 Å². The molecule has 1 aromatic rings. The average Bonchev–Trinajstić information content (AvgIpc) is 2.48. The number of guanidine groups is 1. The second-order valence-electron chi connectivity index (χ2n) is 4.72. The zero-order valence-electron chi connectivity index (χ0n) is 13.0. The van der Waals surface area contributed by atoms with E-state index in [4.69, 9.17) is 0 Å². The van der Waals surface area contributed by atoms with Crippen molar-refractivity contribution in [2.75, 3.05) is 20.7 Å². The number of nitrogens with zero attached hydrogens (tertiary/aromatic N) is 1. The van der Waals surface area contributed by atoms with Crippen LogP contribution in [0, 0.1) is 12.8 Å². The summed E-state index contributed by atoms with van der Waals surface area (Å²) in [5.74, 6) is 0.228. The Morgan fingerprint density at radius 3 is 2.43 bits per heavy atom. The van der Waals surface area contributed by atoms with E-state index in [0.29, 0.717) is 19.0 Å². The highest BCUT2D eigenvalue weighted by molar-refractivity contribution is 14.0. The molecule has 1 rings (SSSR count). The minimum atomic E-state index is -0.230. The summed E-state index contributed by atoms with van der Waals surface area (Å²) in [6.45, 7) is 5.05. The Morgan fingerprint density at radius 2 is 1.90 bits per heavy atom. The molecule has 0 saturated heterocycles. The number of ether oxygens (including phenoxy) is 1. The number of nitrogens with one attached hydrogen (secondary N) is 2. The second kappa shape index (κ2) is 10.4. The van der Waals surface area contributed by atoms with Crippen molar-refractivity contribution in [3.8, 4) is 0 Å². The maximum Gasteiger partial charge on any atom is 0.310 e. The summed E-state index contributed by atoms with van der Waals surface area (Å²) >= 11 is 0. The quantitative estimate of drug-likeness (QED) is 0.341. The van der Waals surface area contributed by atoms with E-state index in [0.717, 1.165) is 0 Å². The van der Waals surface area contributed by atoms with Crippen LogP contribution >= 0.6 is 24.0 Å². The number of aryl methyl sites for hydroxylation is 1. The maximum atomic E-state index is 11.3. The van der Waals surface area contributed by atoms with Crippen LogP contribution in [0.1, 0.15) is 18.1 Å². The predicted molar refractivity (Wildman–Crippen MR) is 96.0 cm³/mol. The molecule has 0 bridgehead atoms. The highest BCUT2D eigenvalue weighted by atomic mass is 127. The van der Waals surface area contributed by atoms with Crippen LogP contribution in [0.4, 0.5) is 0 Å². The molecule has 21 heavy (non-hydrogen) atoms. The van der Waals surface area contributed by atoms with Gasteiger partial charge in [0.1, 0.15) is 0 Å². The Hall–Kier alpha value is -1.31. The topological polar surface area (TPSA) is 62.7 Å². The first-order chi connectivity index (χ1) is 9.56. The van der Waals surface area contributed by atoms with Crippen molar-refractivity contribution < 1.29 is 9.53 Å². The molecule has 5 nitrogen and oxygen atoms in total. The van der Waals surface area contributed by atoms with E-state index in [2.05, 4.69) is 51.6 Å². The monoisotopic (exact) mass is 405 g/mol. The molecule has 0 aliphatic carbocycles. The largest absolute Gasteiger partial charge is 0.469 e. The van der Waals surface area contributed by atoms with E-state index in [1.54, 1.807) is 7.05 Å². The van der Waals surface area contributed by atoms with Crippen LogP contribution in [0.5, 0.6) is 0 Å². The van der Waals surface area contributed by atoms with E-state index in [-0.39, 0.29) is 35.9 Å². The molecule has 1 aromatic carbocycles. The van der Waals surface area contributed by atoms with E-state index in [1.807, 2.05) is 6.92 Å². The number of aliphatic imine (C=N–C) groups is 1. The molecule has 2 N–H and O–H groups in total. The lowest BCUT2D eigenvalue weighted by Crippen LogP contribution is -2.40. The van der Waals surface area contributed by atoms with Crippen LogP contribution in [-0.4, -0.2) is 32.6 Å². The predicted octanol–water partition coefficient (Wildman–Crippen LogP) is 2.09. The molecule has 0 heterocycles. The molecule has 0 aliphatic heterocycles. The summed E-state index contributed by atoms with van der Waals surface area (Å²) in [5, 5.41) is 6.31. The van der Waals surface area contributed by atoms with Gasteiger partial charge in [-0.3, -0.25) is 9.79 Å². The van der Waals surface area contributed by atoms with E-state index in [1.165, 1.54) is 18.2 Å². The Labute approximate surface area is 143 Å². The molecule has 118 valence electrons. The van der Waals surface area contributed by atoms with Crippen molar-refractivity contribution in [2.24, 2.45) is 10.9 Å². The minimum absolute atomic E-state index is 0. The Morgan fingerprint density at radius 1 is 1.29 bits per heavy atom. The van der Waals surface area contributed by atoms with Gasteiger partial charge in [-0.15, -0.1) is 24.0 Å². The van der Waals surface area contributed by atoms with Gasteiger partial charge in [0.2, 0.25) is 0 Å². The van der Waals surface area contributed by atoms with Crippen molar-refractivity contribution in [3.63, 3.8) is 0 Å². The first kappa shape index (κ1) is 19.7. The SMILES string of the molecule is CN=C(NCc1ccc(C)cc1)NCC(C)C(=O)OC.I. The highest BCUT2D eigenvalue weighted by Crippen LogP contribution is 2.02. The molecule has 0 fully saturated rings. The molecule has 0 amide bonds. The Balaban J connectivity index is 0.00000400. The number of esters is 1. The fourth-order valence-corrected chi connectivity index (χ4v) is 1.65. The van der Waals surface area contributed by atoms with Crippen LogP contribution in [0.3, 0.4) is 0 Å². The van der Waals surface area contributed by atoms with Crippen LogP contribution in [0.2, 0.25) is 0 Å². The summed E-state index contributed by atoms with van der Waals surface area (Å²) in [5.41, 5.74) is 2.42. The van der Waals surface area contributed by atoms with Crippen LogP contribution < -0.4 is 10.6 Å². The van der Waals surface area contributed by atoms with Gasteiger partial charge in [0, 0.05) is 20.1 Å². The van der Waals surface area contributed by atoms with Gasteiger partial charge < -0.3 is 15.4 Å². The first-order valence-corrected chi connectivity index (χ1v) is 6.64. The fraction of sp³-hybridized carbons (Fsp3) is 0.467. The van der Waals surface area contributed by atoms with Crippen molar-refractivity contribution in [1.29, 1.82) is 0 Å². The molecule has 0 radical (unpaired) electrons. The van der Waals surface area contributed by atoms with Gasteiger partial charge in [-0.2, -0.15) is 0 Å². The van der Waals surface area contributed by atoms with Crippen LogP contribution in [0.25, 0.3) is 0 Å². The summed E-state index contributed by atoms with van der Waals surface area (Å²) in [7, 11) is 3.09. The van der Waals surface area contributed by atoms with Gasteiger partial charge in [-0.25, -0.2) is 0 Å². The Kier molecular flexibility index (Phi) is 9.77. The average molecular weight is 405 g/mol. The van der Waals surface area contributed by atoms with Gasteiger partial charge in [-0.05, 0) is 12.5 Å². The molecular formula is C15H24IN3O2. The number of carbonyl (C=O) groups excluding carboxylic acids is 1. The summed E-state index contributed by atoms with van der Waals surface area (Å²) in [6.07, 6.45) is 0. The zero-order valence-corrected chi connectivity index (χ0v) is 15.3. The summed E-state index contributed by atoms with van der Waals surface area (Å²) in [6, 6.07) is 8.30. The number of rotatable bonds is 5. The lowest BCUT2D eigenvalue weighted by atomic mass is 10.1. The van der Waals surface area contributed by atoms with Gasteiger partial charge in [0.25, 0.3) is 0 Å². The minimum Gasteiger partial charge on any atom is -0.469 e. The zero-order chi connectivity index (χ0) is 15.0. The number of halogens is 1. The summed E-state index contributed by atoms with van der Waals surface area (Å²) < 4.78 is 4.68. The van der Waals surface area contributed by atoms with E-state index < -0.39 is 0 Å². The van der Waals surface area contributed by atoms with Crippen molar-refractivity contribution in [3.05, 3.63) is 35.4 Å². The van der Waals surface area contributed by atoms with Crippen molar-refractivity contribution in [2.45, 2.75) is 20.4 Å². The van der Waals surface area contributed by atoms with Gasteiger partial charge in [0.05, 0.1) is 13.0 Å². The molecule has 0 saturated carbocycles. The molecule has 6 heteroatoms. The van der Waals surface area contributed by atoms with Crippen molar-refractivity contribution in [1.82, 2.24) is 10.6 Å². The molecule has 0 spiro atoms. The third-order valence-electron chi connectivity index (χ3n) is 2.98.